The highest BCUT2D eigenvalue weighted by atomic mass is 16.5. The molecule has 0 radical (unpaired) electrons. The number of para-hydroxylation sites is 2. The second-order valence-corrected chi connectivity index (χ2v) is 7.75. The van der Waals surface area contributed by atoms with E-state index >= 15 is 0 Å². The summed E-state index contributed by atoms with van der Waals surface area (Å²) in [6.45, 7) is 5.56. The Morgan fingerprint density at radius 2 is 1.70 bits per heavy atom. The highest BCUT2D eigenvalue weighted by Crippen LogP contribution is 2.30. The fraction of sp³-hybridized carbons (Fsp3) is 0.500. The van der Waals surface area contributed by atoms with Gasteiger partial charge in [-0.3, -0.25) is 23.8 Å². The number of hydrogen-bond acceptors (Lipinski definition) is 8. The summed E-state index contributed by atoms with van der Waals surface area (Å²) in [5.41, 5.74) is 0.941. The Labute approximate surface area is 175 Å². The van der Waals surface area contributed by atoms with Gasteiger partial charge >= 0.3 is 5.69 Å². The molecule has 3 heterocycles. The van der Waals surface area contributed by atoms with Crippen LogP contribution in [0.4, 0.5) is 17.2 Å². The molecule has 30 heavy (non-hydrogen) atoms. The summed E-state index contributed by atoms with van der Waals surface area (Å²) in [4.78, 5) is 31.6. The summed E-state index contributed by atoms with van der Waals surface area (Å²) in [7, 11) is 4.84. The summed E-state index contributed by atoms with van der Waals surface area (Å²) in [6.07, 6.45) is 0. The molecule has 10 heteroatoms. The first-order chi connectivity index (χ1) is 14.4. The second kappa shape index (κ2) is 8.04. The molecule has 0 aliphatic carbocycles. The maximum atomic E-state index is 12.7. The van der Waals surface area contributed by atoms with Gasteiger partial charge in [0.2, 0.25) is 0 Å². The van der Waals surface area contributed by atoms with Crippen LogP contribution in [0.5, 0.6) is 5.75 Å². The average Bonchev–Trinajstić information content (AvgIpc) is 3.11. The average molecular weight is 415 g/mol. The van der Waals surface area contributed by atoms with E-state index in [0.29, 0.717) is 24.7 Å². The lowest BCUT2D eigenvalue weighted by Gasteiger charge is -2.37. The van der Waals surface area contributed by atoms with Gasteiger partial charge in [-0.25, -0.2) is 10.6 Å². The number of anilines is 3. The maximum absolute atomic E-state index is 12.7. The van der Waals surface area contributed by atoms with Gasteiger partial charge in [0.25, 0.3) is 5.56 Å². The fourth-order valence-corrected chi connectivity index (χ4v) is 4.29. The van der Waals surface area contributed by atoms with Crippen molar-refractivity contribution in [2.45, 2.75) is 0 Å². The summed E-state index contributed by atoms with van der Waals surface area (Å²) in [6, 6.07) is 8.08. The highest BCUT2D eigenvalue weighted by molar-refractivity contribution is 5.71. The summed E-state index contributed by atoms with van der Waals surface area (Å²) in [5.74, 6) is 7.46. The molecule has 162 valence electrons. The summed E-state index contributed by atoms with van der Waals surface area (Å²) >= 11 is 0. The second-order valence-electron chi connectivity index (χ2n) is 7.75. The van der Waals surface area contributed by atoms with Crippen molar-refractivity contribution < 1.29 is 4.74 Å². The molecule has 0 unspecified atom stereocenters. The third-order valence-electron chi connectivity index (χ3n) is 6.01. The van der Waals surface area contributed by atoms with Crippen molar-refractivity contribution in [1.29, 1.82) is 0 Å². The van der Waals surface area contributed by atoms with E-state index in [1.165, 1.54) is 16.6 Å². The summed E-state index contributed by atoms with van der Waals surface area (Å²) < 4.78 is 8.06. The molecule has 2 aliphatic rings. The van der Waals surface area contributed by atoms with Crippen molar-refractivity contribution in [2.75, 3.05) is 67.9 Å². The molecule has 0 atom stereocenters. The number of hydrogen-bond donors (Lipinski definition) is 1. The molecule has 2 aromatic rings. The van der Waals surface area contributed by atoms with Crippen LogP contribution >= 0.6 is 0 Å². The van der Waals surface area contributed by atoms with Gasteiger partial charge in [-0.05, 0) is 12.1 Å². The van der Waals surface area contributed by atoms with Crippen LogP contribution in [-0.4, -0.2) is 67.1 Å². The van der Waals surface area contributed by atoms with Gasteiger partial charge in [-0.15, -0.1) is 0 Å². The van der Waals surface area contributed by atoms with E-state index in [9.17, 15) is 9.59 Å². The Bertz CT molecular complexity index is 1040. The molecule has 2 aliphatic heterocycles. The molecule has 4 rings (SSSR count). The largest absolute Gasteiger partial charge is 0.495 e. The number of nitrogens with zero attached hydrogens (tertiary/aromatic N) is 6. The lowest BCUT2D eigenvalue weighted by Crippen LogP contribution is -2.49. The summed E-state index contributed by atoms with van der Waals surface area (Å²) in [5, 5.41) is 1.47. The Hall–Kier alpha value is -2.98. The van der Waals surface area contributed by atoms with Gasteiger partial charge in [-0.2, -0.15) is 0 Å². The minimum atomic E-state index is -0.372. The number of rotatable bonds is 5. The quantitative estimate of drug-likeness (QED) is 0.646. The number of piperazine rings is 1. The molecular weight excluding hydrogens is 386 g/mol. The number of methoxy groups -OCH3 is 1. The molecule has 0 saturated carbocycles. The van der Waals surface area contributed by atoms with Crippen LogP contribution in [0.1, 0.15) is 0 Å². The van der Waals surface area contributed by atoms with Crippen molar-refractivity contribution in [2.24, 2.45) is 19.9 Å². The lowest BCUT2D eigenvalue weighted by atomic mass is 10.2. The van der Waals surface area contributed by atoms with Gasteiger partial charge in [0, 0.05) is 53.4 Å². The molecule has 1 aromatic carbocycles. The standard InChI is InChI=1S/C20H29N7O3/c1-22-18-17(19(28)23(2)20(22)29)26(14-27(18)21)13-10-24-8-11-25(12-9-24)15-6-4-5-7-16(15)30-3/h4-7H,8-14,21H2,1-3H3. The monoisotopic (exact) mass is 415 g/mol. The molecule has 10 nitrogen and oxygen atoms in total. The Morgan fingerprint density at radius 1 is 1.00 bits per heavy atom. The maximum Gasteiger partial charge on any atom is 0.332 e. The predicted molar refractivity (Wildman–Crippen MR) is 117 cm³/mol. The highest BCUT2D eigenvalue weighted by Gasteiger charge is 2.31. The molecule has 2 N–H and O–H groups in total. The number of nitrogens with two attached hydrogens (primary N) is 1. The van der Waals surface area contributed by atoms with Crippen LogP contribution in [0.3, 0.4) is 0 Å². The van der Waals surface area contributed by atoms with Gasteiger partial charge in [0.05, 0.1) is 12.8 Å². The number of aromatic nitrogens is 2. The Morgan fingerprint density at radius 3 is 2.40 bits per heavy atom. The molecule has 1 saturated heterocycles. The number of ether oxygens (including phenoxy) is 1. The smallest absolute Gasteiger partial charge is 0.332 e. The zero-order valence-electron chi connectivity index (χ0n) is 17.7. The van der Waals surface area contributed by atoms with Crippen LogP contribution in [0, 0.1) is 0 Å². The van der Waals surface area contributed by atoms with Gasteiger partial charge in [-0.1, -0.05) is 12.1 Å². The van der Waals surface area contributed by atoms with E-state index in [1.54, 1.807) is 14.2 Å². The molecule has 1 fully saturated rings. The van der Waals surface area contributed by atoms with Crippen LogP contribution in [0.25, 0.3) is 0 Å². The van der Waals surface area contributed by atoms with Crippen LogP contribution < -0.4 is 36.6 Å². The fourth-order valence-electron chi connectivity index (χ4n) is 4.29. The first kappa shape index (κ1) is 20.3. The van der Waals surface area contributed by atoms with Crippen molar-refractivity contribution in [3.8, 4) is 5.75 Å². The molecule has 0 spiro atoms. The van der Waals surface area contributed by atoms with E-state index < -0.39 is 0 Å². The number of fused-ring (bicyclic) bond motifs is 1. The minimum Gasteiger partial charge on any atom is -0.495 e. The molecule has 1 aromatic heterocycles. The van der Waals surface area contributed by atoms with E-state index in [1.807, 2.05) is 23.1 Å². The van der Waals surface area contributed by atoms with Gasteiger partial charge in [0.15, 0.2) is 5.82 Å². The molecular formula is C20H29N7O3. The van der Waals surface area contributed by atoms with Gasteiger partial charge < -0.3 is 14.5 Å². The van der Waals surface area contributed by atoms with Crippen LogP contribution in [0.2, 0.25) is 0 Å². The molecule has 0 amide bonds. The Balaban J connectivity index is 1.41. The third-order valence-corrected chi connectivity index (χ3v) is 6.01. The van der Waals surface area contributed by atoms with Crippen molar-refractivity contribution in [3.05, 3.63) is 45.1 Å². The zero-order valence-corrected chi connectivity index (χ0v) is 17.7. The van der Waals surface area contributed by atoms with E-state index in [2.05, 4.69) is 15.9 Å². The third kappa shape index (κ3) is 3.41. The van der Waals surface area contributed by atoms with Crippen LogP contribution in [0.15, 0.2) is 33.9 Å². The van der Waals surface area contributed by atoms with E-state index in [0.717, 1.165) is 48.7 Å². The van der Waals surface area contributed by atoms with Crippen molar-refractivity contribution in [1.82, 2.24) is 14.0 Å². The van der Waals surface area contributed by atoms with Gasteiger partial charge in [0.1, 0.15) is 18.1 Å². The van der Waals surface area contributed by atoms with Crippen LogP contribution in [-0.2, 0) is 14.1 Å². The Kier molecular flexibility index (Phi) is 5.44. The van der Waals surface area contributed by atoms with E-state index in [4.69, 9.17) is 10.6 Å². The van der Waals surface area contributed by atoms with Crippen molar-refractivity contribution in [3.63, 3.8) is 0 Å². The minimum absolute atomic E-state index is 0.304. The number of benzene rings is 1. The SMILES string of the molecule is COc1ccccc1N1CCN(CCN2CN(N)c3c2c(=O)n(C)c(=O)n3C)CC1. The normalized spacial score (nSPS) is 16.9. The topological polar surface area (TPSA) is 92.2 Å². The zero-order chi connectivity index (χ0) is 21.4. The lowest BCUT2D eigenvalue weighted by molar-refractivity contribution is 0.262. The van der Waals surface area contributed by atoms with Crippen molar-refractivity contribution >= 4 is 17.2 Å². The first-order valence-corrected chi connectivity index (χ1v) is 10.1. The van der Waals surface area contributed by atoms with E-state index in [-0.39, 0.29) is 11.2 Å². The predicted octanol–water partition coefficient (Wildman–Crippen LogP) is -0.628. The number of hydrazine groups is 1. The first-order valence-electron chi connectivity index (χ1n) is 10.1. The molecule has 0 bridgehead atoms.